The Morgan fingerprint density at radius 3 is 2.62 bits per heavy atom. The van der Waals surface area contributed by atoms with E-state index in [9.17, 15) is 18.0 Å². The Hall–Kier alpha value is -2.23. The van der Waals surface area contributed by atoms with E-state index in [4.69, 9.17) is 0 Å². The molecule has 1 aliphatic heterocycles. The summed E-state index contributed by atoms with van der Waals surface area (Å²) < 4.78 is 28.4. The molecule has 1 aromatic carbocycles. The van der Waals surface area contributed by atoms with Crippen LogP contribution in [0.1, 0.15) is 31.2 Å². The minimum absolute atomic E-state index is 0.0697. The SMILES string of the molecule is CC(=O)N1CCc2cc(S(=O)(=O)NC(C(=O)NCc3cccs3)C(C)C)ccc21. The lowest BCUT2D eigenvalue weighted by Gasteiger charge is -2.22. The maximum absolute atomic E-state index is 12.9. The molecule has 0 saturated heterocycles. The molecule has 0 fully saturated rings. The van der Waals surface area contributed by atoms with Crippen molar-refractivity contribution in [3.05, 3.63) is 46.2 Å². The third-order valence-electron chi connectivity index (χ3n) is 4.89. The van der Waals surface area contributed by atoms with Crippen LogP contribution in [-0.2, 0) is 32.6 Å². The Labute approximate surface area is 175 Å². The Morgan fingerprint density at radius 2 is 2.00 bits per heavy atom. The second-order valence-electron chi connectivity index (χ2n) is 7.35. The number of amides is 2. The van der Waals surface area contributed by atoms with E-state index in [-0.39, 0.29) is 22.6 Å². The van der Waals surface area contributed by atoms with Crippen LogP contribution in [0, 0.1) is 5.92 Å². The number of carbonyl (C=O) groups is 2. The molecule has 9 heteroatoms. The first-order valence-corrected chi connectivity index (χ1v) is 11.8. The fourth-order valence-electron chi connectivity index (χ4n) is 3.30. The molecule has 1 unspecified atom stereocenters. The van der Waals surface area contributed by atoms with Crippen molar-refractivity contribution >= 4 is 38.9 Å². The fraction of sp³-hybridized carbons (Fsp3) is 0.400. The molecule has 2 aromatic rings. The van der Waals surface area contributed by atoms with E-state index in [1.807, 2.05) is 17.5 Å². The highest BCUT2D eigenvalue weighted by Gasteiger charge is 2.30. The van der Waals surface area contributed by atoms with Gasteiger partial charge in [0, 0.05) is 24.0 Å². The van der Waals surface area contributed by atoms with E-state index in [2.05, 4.69) is 10.0 Å². The average molecular weight is 436 g/mol. The quantitative estimate of drug-likeness (QED) is 0.697. The molecule has 1 aliphatic rings. The second kappa shape index (κ2) is 8.64. The zero-order valence-electron chi connectivity index (χ0n) is 16.6. The van der Waals surface area contributed by atoms with Crippen molar-refractivity contribution in [3.8, 4) is 0 Å². The smallest absolute Gasteiger partial charge is 0.241 e. The average Bonchev–Trinajstić information content (AvgIpc) is 3.32. The van der Waals surface area contributed by atoms with Gasteiger partial charge in [-0.15, -0.1) is 11.3 Å². The van der Waals surface area contributed by atoms with E-state index in [1.165, 1.54) is 24.3 Å². The number of hydrogen-bond acceptors (Lipinski definition) is 5. The Bertz CT molecular complexity index is 1000. The van der Waals surface area contributed by atoms with Gasteiger partial charge in [-0.2, -0.15) is 4.72 Å². The number of hydrogen-bond donors (Lipinski definition) is 2. The molecule has 156 valence electrons. The molecule has 0 spiro atoms. The summed E-state index contributed by atoms with van der Waals surface area (Å²) in [6.45, 7) is 5.99. The van der Waals surface area contributed by atoms with Crippen molar-refractivity contribution in [2.75, 3.05) is 11.4 Å². The number of anilines is 1. The number of rotatable bonds is 7. The third kappa shape index (κ3) is 4.85. The van der Waals surface area contributed by atoms with Gasteiger partial charge in [0.2, 0.25) is 21.8 Å². The van der Waals surface area contributed by atoms with E-state index in [1.54, 1.807) is 30.9 Å². The lowest BCUT2D eigenvalue weighted by Crippen LogP contribution is -2.49. The normalized spacial score (nSPS) is 14.7. The van der Waals surface area contributed by atoms with Crippen molar-refractivity contribution < 1.29 is 18.0 Å². The van der Waals surface area contributed by atoms with Gasteiger partial charge in [-0.1, -0.05) is 19.9 Å². The van der Waals surface area contributed by atoms with Crippen molar-refractivity contribution in [2.45, 2.75) is 44.7 Å². The van der Waals surface area contributed by atoms with Crippen LogP contribution in [0.3, 0.4) is 0 Å². The van der Waals surface area contributed by atoms with Crippen LogP contribution in [0.4, 0.5) is 5.69 Å². The first-order chi connectivity index (χ1) is 13.7. The maximum atomic E-state index is 12.9. The van der Waals surface area contributed by atoms with Gasteiger partial charge in [-0.3, -0.25) is 9.59 Å². The van der Waals surface area contributed by atoms with Gasteiger partial charge in [0.15, 0.2) is 0 Å². The van der Waals surface area contributed by atoms with Gasteiger partial charge >= 0.3 is 0 Å². The predicted molar refractivity (Wildman–Crippen MR) is 113 cm³/mol. The Kier molecular flexibility index (Phi) is 6.40. The number of fused-ring (bicyclic) bond motifs is 1. The van der Waals surface area contributed by atoms with Gasteiger partial charge < -0.3 is 10.2 Å². The summed E-state index contributed by atoms with van der Waals surface area (Å²) in [5.74, 6) is -0.656. The van der Waals surface area contributed by atoms with E-state index in [0.29, 0.717) is 19.5 Å². The number of carbonyl (C=O) groups excluding carboxylic acids is 2. The molecule has 0 saturated carbocycles. The molecule has 2 heterocycles. The Balaban J connectivity index is 1.75. The molecule has 2 N–H and O–H groups in total. The Morgan fingerprint density at radius 1 is 1.24 bits per heavy atom. The van der Waals surface area contributed by atoms with Gasteiger partial charge in [0.1, 0.15) is 6.04 Å². The van der Waals surface area contributed by atoms with E-state index in [0.717, 1.165) is 16.1 Å². The summed E-state index contributed by atoms with van der Waals surface area (Å²) in [5, 5.41) is 4.72. The summed E-state index contributed by atoms with van der Waals surface area (Å²) in [7, 11) is -3.89. The number of thiophene rings is 1. The van der Waals surface area contributed by atoms with Gasteiger partial charge in [-0.25, -0.2) is 8.42 Å². The minimum atomic E-state index is -3.89. The van der Waals surface area contributed by atoms with Crippen molar-refractivity contribution in [1.82, 2.24) is 10.0 Å². The fourth-order valence-corrected chi connectivity index (χ4v) is 5.34. The van der Waals surface area contributed by atoms with Gasteiger partial charge in [-0.05, 0) is 47.5 Å². The largest absolute Gasteiger partial charge is 0.350 e. The zero-order chi connectivity index (χ0) is 21.2. The van der Waals surface area contributed by atoms with Crippen LogP contribution in [0.25, 0.3) is 0 Å². The highest BCUT2D eigenvalue weighted by molar-refractivity contribution is 7.89. The highest BCUT2D eigenvalue weighted by Crippen LogP contribution is 2.30. The van der Waals surface area contributed by atoms with Crippen LogP contribution in [-0.4, -0.2) is 32.8 Å². The number of benzene rings is 1. The van der Waals surface area contributed by atoms with Crippen LogP contribution >= 0.6 is 11.3 Å². The second-order valence-corrected chi connectivity index (χ2v) is 10.1. The van der Waals surface area contributed by atoms with E-state index < -0.39 is 16.1 Å². The maximum Gasteiger partial charge on any atom is 0.241 e. The number of nitrogens with zero attached hydrogens (tertiary/aromatic N) is 1. The molecule has 1 atom stereocenters. The van der Waals surface area contributed by atoms with Crippen molar-refractivity contribution in [1.29, 1.82) is 0 Å². The molecule has 0 radical (unpaired) electrons. The molecule has 7 nitrogen and oxygen atoms in total. The topological polar surface area (TPSA) is 95.6 Å². The third-order valence-corrected chi connectivity index (χ3v) is 7.20. The van der Waals surface area contributed by atoms with Crippen LogP contribution in [0.15, 0.2) is 40.6 Å². The first-order valence-electron chi connectivity index (χ1n) is 9.42. The predicted octanol–water partition coefficient (Wildman–Crippen LogP) is 2.28. The molecular formula is C20H25N3O4S2. The molecule has 0 aliphatic carbocycles. The number of sulfonamides is 1. The lowest BCUT2D eigenvalue weighted by molar-refractivity contribution is -0.123. The van der Waals surface area contributed by atoms with Gasteiger partial charge in [0.25, 0.3) is 0 Å². The molecule has 2 amide bonds. The summed E-state index contributed by atoms with van der Waals surface area (Å²) in [5.41, 5.74) is 1.55. The molecule has 1 aromatic heterocycles. The summed E-state index contributed by atoms with van der Waals surface area (Å²) in [6, 6.07) is 7.64. The molecule has 0 bridgehead atoms. The summed E-state index contributed by atoms with van der Waals surface area (Å²) >= 11 is 1.53. The van der Waals surface area contributed by atoms with Crippen molar-refractivity contribution in [2.24, 2.45) is 5.92 Å². The monoisotopic (exact) mass is 435 g/mol. The molecule has 3 rings (SSSR count). The van der Waals surface area contributed by atoms with Crippen LogP contribution in [0.2, 0.25) is 0 Å². The first kappa shape index (κ1) is 21.5. The van der Waals surface area contributed by atoms with Crippen LogP contribution < -0.4 is 14.9 Å². The summed E-state index contributed by atoms with van der Waals surface area (Å²) in [6.07, 6.45) is 0.604. The van der Waals surface area contributed by atoms with E-state index >= 15 is 0 Å². The van der Waals surface area contributed by atoms with Crippen LogP contribution in [0.5, 0.6) is 0 Å². The van der Waals surface area contributed by atoms with Crippen molar-refractivity contribution in [3.63, 3.8) is 0 Å². The van der Waals surface area contributed by atoms with Gasteiger partial charge in [0.05, 0.1) is 11.4 Å². The standard InChI is InChI=1S/C20H25N3O4S2/c1-13(2)19(20(25)21-12-16-5-4-10-28-16)22-29(26,27)17-6-7-18-15(11-17)8-9-23(18)14(3)24/h4-7,10-11,13,19,22H,8-9,12H2,1-3H3,(H,21,25). The molecular weight excluding hydrogens is 410 g/mol. The zero-order valence-corrected chi connectivity index (χ0v) is 18.3. The summed E-state index contributed by atoms with van der Waals surface area (Å²) in [4.78, 5) is 27.0. The minimum Gasteiger partial charge on any atom is -0.350 e. The number of nitrogens with one attached hydrogen (secondary N) is 2. The lowest BCUT2D eigenvalue weighted by atomic mass is 10.1. The highest BCUT2D eigenvalue weighted by atomic mass is 32.2. The molecule has 29 heavy (non-hydrogen) atoms.